The highest BCUT2D eigenvalue weighted by Gasteiger charge is 2.18. The Kier molecular flexibility index (Phi) is 7.28. The minimum atomic E-state index is 0.450. The van der Waals surface area contributed by atoms with E-state index in [1.807, 2.05) is 0 Å². The maximum atomic E-state index is 5.71. The summed E-state index contributed by atoms with van der Waals surface area (Å²) in [7, 11) is 0. The number of halogens is 2. The normalized spacial score (nSPS) is 20.2. The summed E-state index contributed by atoms with van der Waals surface area (Å²) in [6, 6.07) is 7.00. The van der Waals surface area contributed by atoms with Gasteiger partial charge in [-0.3, -0.25) is 0 Å². The Morgan fingerprint density at radius 3 is 3.05 bits per heavy atom. The average molecular weight is 452 g/mol. The number of benzene rings is 1. The molecule has 0 bridgehead atoms. The van der Waals surface area contributed by atoms with Crippen molar-refractivity contribution >= 4 is 38.5 Å². The molecule has 1 heterocycles. The monoisotopic (exact) mass is 451 g/mol. The molecule has 1 aliphatic rings. The van der Waals surface area contributed by atoms with Crippen molar-refractivity contribution in [3.63, 3.8) is 0 Å². The van der Waals surface area contributed by atoms with Crippen LogP contribution in [0.1, 0.15) is 50.6 Å². The predicted molar refractivity (Wildman–Crippen MR) is 96.1 cm³/mol. The largest absolute Gasteiger partial charge is 0.378 e. The van der Waals surface area contributed by atoms with E-state index < -0.39 is 0 Å². The first-order valence-corrected chi connectivity index (χ1v) is 9.37. The van der Waals surface area contributed by atoms with E-state index >= 15 is 0 Å². The van der Waals surface area contributed by atoms with Gasteiger partial charge < -0.3 is 10.1 Å². The highest BCUT2D eigenvalue weighted by atomic mass is 127. The molecule has 1 N–H and O–H groups in total. The zero-order chi connectivity index (χ0) is 14.4. The molecular weight excluding hydrogens is 429 g/mol. The van der Waals surface area contributed by atoms with E-state index in [-0.39, 0.29) is 0 Å². The molecule has 2 rings (SSSR count). The Morgan fingerprint density at radius 1 is 1.50 bits per heavy atom. The van der Waals surface area contributed by atoms with E-state index in [1.165, 1.54) is 41.2 Å². The van der Waals surface area contributed by atoms with Crippen molar-refractivity contribution in [1.82, 2.24) is 5.32 Å². The molecule has 1 fully saturated rings. The van der Waals surface area contributed by atoms with Crippen LogP contribution in [0.4, 0.5) is 0 Å². The van der Waals surface area contributed by atoms with E-state index in [0.717, 1.165) is 17.6 Å². The summed E-state index contributed by atoms with van der Waals surface area (Å²) in [5, 5.41) is 3.63. The van der Waals surface area contributed by atoms with Crippen LogP contribution in [-0.2, 0) is 4.74 Å². The Hall–Kier alpha value is 0.350. The van der Waals surface area contributed by atoms with Crippen molar-refractivity contribution < 1.29 is 4.74 Å². The molecular formula is C16H23BrINO. The first-order valence-electron chi connectivity index (χ1n) is 7.50. The Morgan fingerprint density at radius 2 is 2.35 bits per heavy atom. The molecule has 4 heteroatoms. The second kappa shape index (κ2) is 8.71. The van der Waals surface area contributed by atoms with Crippen LogP contribution in [0.2, 0.25) is 0 Å². The lowest BCUT2D eigenvalue weighted by molar-refractivity contribution is 0.101. The number of hydrogen-bond donors (Lipinski definition) is 1. The Labute approximate surface area is 144 Å². The first-order chi connectivity index (χ1) is 9.70. The van der Waals surface area contributed by atoms with E-state index in [9.17, 15) is 0 Å². The smallest absolute Gasteiger partial charge is 0.0576 e. The lowest BCUT2D eigenvalue weighted by Crippen LogP contribution is -2.22. The lowest BCUT2D eigenvalue weighted by Gasteiger charge is -2.21. The highest BCUT2D eigenvalue weighted by Crippen LogP contribution is 2.28. The van der Waals surface area contributed by atoms with Crippen LogP contribution in [0.25, 0.3) is 0 Å². The summed E-state index contributed by atoms with van der Waals surface area (Å²) in [5.74, 6) is 0. The number of nitrogens with one attached hydrogen (secondary N) is 1. The van der Waals surface area contributed by atoms with Crippen LogP contribution >= 0.6 is 38.5 Å². The predicted octanol–water partition coefficient (Wildman–Crippen LogP) is 5.05. The quantitative estimate of drug-likeness (QED) is 0.585. The molecule has 1 aliphatic heterocycles. The van der Waals surface area contributed by atoms with Gasteiger partial charge in [-0.25, -0.2) is 0 Å². The van der Waals surface area contributed by atoms with Gasteiger partial charge in [-0.05, 0) is 85.0 Å². The van der Waals surface area contributed by atoms with Gasteiger partial charge in [-0.2, -0.15) is 0 Å². The van der Waals surface area contributed by atoms with Gasteiger partial charge in [0.15, 0.2) is 0 Å². The molecule has 2 atom stereocenters. The van der Waals surface area contributed by atoms with Crippen LogP contribution in [0.5, 0.6) is 0 Å². The summed E-state index contributed by atoms with van der Waals surface area (Å²) < 4.78 is 8.22. The second-order valence-electron chi connectivity index (χ2n) is 5.34. The van der Waals surface area contributed by atoms with Gasteiger partial charge in [-0.1, -0.05) is 22.9 Å². The highest BCUT2D eigenvalue weighted by molar-refractivity contribution is 14.1. The minimum absolute atomic E-state index is 0.450. The van der Waals surface area contributed by atoms with Gasteiger partial charge in [0.05, 0.1) is 6.10 Å². The average Bonchev–Trinajstić information content (AvgIpc) is 2.94. The number of rotatable bonds is 7. The van der Waals surface area contributed by atoms with E-state index in [2.05, 4.69) is 69.0 Å². The first kappa shape index (κ1) is 16.7. The van der Waals surface area contributed by atoms with Gasteiger partial charge in [0, 0.05) is 20.7 Å². The molecule has 0 amide bonds. The summed E-state index contributed by atoms with van der Waals surface area (Å²) in [5.41, 5.74) is 1.41. The third-order valence-electron chi connectivity index (χ3n) is 3.83. The molecule has 1 saturated heterocycles. The molecule has 0 radical (unpaired) electrons. The van der Waals surface area contributed by atoms with Crippen molar-refractivity contribution in [2.75, 3.05) is 13.2 Å². The molecule has 0 aliphatic carbocycles. The van der Waals surface area contributed by atoms with Gasteiger partial charge in [-0.15, -0.1) is 0 Å². The fourth-order valence-electron chi connectivity index (χ4n) is 2.82. The summed E-state index contributed by atoms with van der Waals surface area (Å²) >= 11 is 6.02. The second-order valence-corrected chi connectivity index (χ2v) is 7.42. The standard InChI is InChI=1S/C16H23BrINO/c1-2-19-16(7-3-5-13-6-4-10-20-13)14-11-12(17)8-9-15(14)18/h8-9,11,13,16,19H,2-7,10H2,1H3. The molecule has 20 heavy (non-hydrogen) atoms. The Balaban J connectivity index is 1.93. The van der Waals surface area contributed by atoms with Crippen LogP contribution in [0.3, 0.4) is 0 Å². The van der Waals surface area contributed by atoms with Crippen LogP contribution < -0.4 is 5.32 Å². The van der Waals surface area contributed by atoms with Crippen LogP contribution in [0.15, 0.2) is 22.7 Å². The zero-order valence-electron chi connectivity index (χ0n) is 12.0. The fourth-order valence-corrected chi connectivity index (χ4v) is 3.91. The van der Waals surface area contributed by atoms with Crippen molar-refractivity contribution in [3.05, 3.63) is 31.8 Å². The molecule has 2 unspecified atom stereocenters. The fraction of sp³-hybridized carbons (Fsp3) is 0.625. The van der Waals surface area contributed by atoms with Gasteiger partial charge in [0.1, 0.15) is 0 Å². The van der Waals surface area contributed by atoms with Crippen LogP contribution in [-0.4, -0.2) is 19.3 Å². The maximum absolute atomic E-state index is 5.71. The number of ether oxygens (including phenoxy) is 1. The van der Waals surface area contributed by atoms with Gasteiger partial charge in [0.25, 0.3) is 0 Å². The molecule has 1 aromatic rings. The van der Waals surface area contributed by atoms with Gasteiger partial charge >= 0.3 is 0 Å². The van der Waals surface area contributed by atoms with Crippen molar-refractivity contribution in [1.29, 1.82) is 0 Å². The molecule has 0 aromatic heterocycles. The van der Waals surface area contributed by atoms with Crippen LogP contribution in [0, 0.1) is 3.57 Å². The molecule has 0 saturated carbocycles. The minimum Gasteiger partial charge on any atom is -0.378 e. The van der Waals surface area contributed by atoms with Crippen molar-refractivity contribution in [2.24, 2.45) is 0 Å². The zero-order valence-corrected chi connectivity index (χ0v) is 15.7. The SMILES string of the molecule is CCNC(CCCC1CCCO1)c1cc(Br)ccc1I. The van der Waals surface area contributed by atoms with E-state index in [1.54, 1.807) is 0 Å². The van der Waals surface area contributed by atoms with E-state index in [0.29, 0.717) is 12.1 Å². The topological polar surface area (TPSA) is 21.3 Å². The number of hydrogen-bond acceptors (Lipinski definition) is 2. The van der Waals surface area contributed by atoms with Crippen molar-refractivity contribution in [3.8, 4) is 0 Å². The van der Waals surface area contributed by atoms with E-state index in [4.69, 9.17) is 4.74 Å². The maximum Gasteiger partial charge on any atom is 0.0576 e. The summed E-state index contributed by atoms with van der Waals surface area (Å²) in [6.07, 6.45) is 6.61. The molecule has 2 nitrogen and oxygen atoms in total. The Bertz CT molecular complexity index is 421. The summed E-state index contributed by atoms with van der Waals surface area (Å²) in [4.78, 5) is 0. The third kappa shape index (κ3) is 4.97. The molecule has 112 valence electrons. The van der Waals surface area contributed by atoms with Crippen molar-refractivity contribution in [2.45, 2.75) is 51.2 Å². The molecule has 1 aromatic carbocycles. The summed E-state index contributed by atoms with van der Waals surface area (Å²) in [6.45, 7) is 4.15. The van der Waals surface area contributed by atoms with Gasteiger partial charge in [0.2, 0.25) is 0 Å². The third-order valence-corrected chi connectivity index (χ3v) is 5.30. The lowest BCUT2D eigenvalue weighted by atomic mass is 9.99. The molecule has 0 spiro atoms.